The minimum absolute atomic E-state index is 0.0850. The summed E-state index contributed by atoms with van der Waals surface area (Å²) in [5.41, 5.74) is 2.16. The molecule has 0 aliphatic rings. The summed E-state index contributed by atoms with van der Waals surface area (Å²) in [6.07, 6.45) is -6.31. The number of nitrogens with two attached hydrogens (primary N) is 1. The van der Waals surface area contributed by atoms with E-state index in [1.165, 1.54) is 0 Å². The second-order valence-corrected chi connectivity index (χ2v) is 12.4. The number of hydrogen-bond donors (Lipinski definition) is 1. The van der Waals surface area contributed by atoms with Gasteiger partial charge in [-0.1, -0.05) is 36.4 Å². The molecule has 0 aliphatic carbocycles. The van der Waals surface area contributed by atoms with Crippen LogP contribution < -0.4 is 5.14 Å². The molecule has 2 heterocycles. The van der Waals surface area contributed by atoms with Crippen molar-refractivity contribution in [2.75, 3.05) is 5.75 Å². The largest absolute Gasteiger partial charge is 0.422 e. The number of benzene rings is 2. The first kappa shape index (κ1) is 25.2. The van der Waals surface area contributed by atoms with Crippen molar-refractivity contribution in [2.45, 2.75) is 23.6 Å². The highest BCUT2D eigenvalue weighted by molar-refractivity contribution is 7.92. The monoisotopic (exact) mass is 546 g/mol. The van der Waals surface area contributed by atoms with E-state index in [0.717, 1.165) is 22.5 Å². The van der Waals surface area contributed by atoms with E-state index < -0.39 is 61.0 Å². The number of sulfonamides is 1. The van der Waals surface area contributed by atoms with E-state index in [9.17, 15) is 30.0 Å². The predicted octanol–water partition coefficient (Wildman–Crippen LogP) is 3.59. The molecule has 9 nitrogen and oxygen atoms in total. The van der Waals surface area contributed by atoms with Gasteiger partial charge in [0.15, 0.2) is 15.1 Å². The number of hydrogen-bond acceptors (Lipinski definition) is 9. The first-order valence-corrected chi connectivity index (χ1v) is 14.1. The van der Waals surface area contributed by atoms with Gasteiger partial charge in [-0.3, -0.25) is 0 Å². The van der Waals surface area contributed by atoms with Gasteiger partial charge in [-0.2, -0.15) is 13.2 Å². The van der Waals surface area contributed by atoms with Crippen LogP contribution in [0.5, 0.6) is 0 Å². The molecule has 0 bridgehead atoms. The van der Waals surface area contributed by atoms with E-state index in [1.807, 2.05) is 30.3 Å². The normalized spacial score (nSPS) is 13.8. The quantitative estimate of drug-likeness (QED) is 0.353. The molecule has 0 saturated carbocycles. The van der Waals surface area contributed by atoms with Crippen LogP contribution in [0.4, 0.5) is 13.2 Å². The third kappa shape index (κ3) is 6.22. The van der Waals surface area contributed by atoms with Gasteiger partial charge in [-0.05, 0) is 23.3 Å². The maximum absolute atomic E-state index is 13.0. The number of aromatic nitrogens is 3. The summed E-state index contributed by atoms with van der Waals surface area (Å²) in [7, 11) is -8.63. The summed E-state index contributed by atoms with van der Waals surface area (Å²) in [6.45, 7) is 0. The van der Waals surface area contributed by atoms with E-state index in [-0.39, 0.29) is 5.01 Å². The van der Waals surface area contributed by atoms with Crippen LogP contribution in [0.1, 0.15) is 28.5 Å². The van der Waals surface area contributed by atoms with Gasteiger partial charge in [0, 0.05) is 0 Å². The number of nitrogens with zero attached hydrogens (tertiary/aromatic N) is 3. The van der Waals surface area contributed by atoms with Crippen molar-refractivity contribution in [3.63, 3.8) is 0 Å². The minimum atomic E-state index is -4.72. The van der Waals surface area contributed by atoms with Crippen molar-refractivity contribution in [1.29, 1.82) is 0 Å². The fourth-order valence-electron chi connectivity index (χ4n) is 3.26. The average Bonchev–Trinajstić information content (AvgIpc) is 3.37. The molecule has 0 saturated heterocycles. The summed E-state index contributed by atoms with van der Waals surface area (Å²) in [4.78, 5) is 4.31. The van der Waals surface area contributed by atoms with Gasteiger partial charge in [0.2, 0.25) is 21.8 Å². The number of halogens is 3. The SMILES string of the molecule is NS(=O)(=O)Cc1nnc(C(c2nc3ccc(-c4ccccc4)cc3s2)S(=O)(=O)CCC(F)(F)F)o1. The maximum Gasteiger partial charge on any atom is 0.390 e. The van der Waals surface area contributed by atoms with Crippen LogP contribution in [0.2, 0.25) is 0 Å². The summed E-state index contributed by atoms with van der Waals surface area (Å²) < 4.78 is 92.9. The number of fused-ring (bicyclic) bond motifs is 1. The third-order valence-corrected chi connectivity index (χ3v) is 8.59. The fourth-order valence-corrected chi connectivity index (χ4v) is 6.80. The van der Waals surface area contributed by atoms with Gasteiger partial charge in [0.05, 0.1) is 22.4 Å². The molecule has 0 fully saturated rings. The zero-order chi connectivity index (χ0) is 25.4. The Bertz CT molecular complexity index is 1570. The fraction of sp³-hybridized carbons (Fsp3) is 0.250. The van der Waals surface area contributed by atoms with Crippen molar-refractivity contribution in [2.24, 2.45) is 5.14 Å². The van der Waals surface area contributed by atoms with Crippen molar-refractivity contribution >= 4 is 41.4 Å². The molecule has 1 unspecified atom stereocenters. The molecular weight excluding hydrogens is 529 g/mol. The van der Waals surface area contributed by atoms with Gasteiger partial charge in [0.25, 0.3) is 0 Å². The molecule has 2 aromatic heterocycles. The van der Waals surface area contributed by atoms with E-state index in [2.05, 4.69) is 15.2 Å². The highest BCUT2D eigenvalue weighted by Crippen LogP contribution is 2.38. The molecule has 2 N–H and O–H groups in total. The highest BCUT2D eigenvalue weighted by Gasteiger charge is 2.40. The van der Waals surface area contributed by atoms with Crippen molar-refractivity contribution in [3.8, 4) is 11.1 Å². The van der Waals surface area contributed by atoms with E-state index in [4.69, 9.17) is 9.56 Å². The summed E-state index contributed by atoms with van der Waals surface area (Å²) in [6, 6.07) is 14.6. The van der Waals surface area contributed by atoms with Gasteiger partial charge >= 0.3 is 6.18 Å². The van der Waals surface area contributed by atoms with Gasteiger partial charge < -0.3 is 4.42 Å². The molecule has 186 valence electrons. The molecule has 0 radical (unpaired) electrons. The molecule has 15 heteroatoms. The van der Waals surface area contributed by atoms with Crippen LogP contribution in [0.25, 0.3) is 21.3 Å². The molecule has 4 aromatic rings. The lowest BCUT2D eigenvalue weighted by atomic mass is 10.1. The summed E-state index contributed by atoms with van der Waals surface area (Å²) in [5, 5.41) is 10.1. The van der Waals surface area contributed by atoms with Gasteiger partial charge in [0.1, 0.15) is 10.8 Å². The number of primary sulfonamides is 1. The lowest BCUT2D eigenvalue weighted by molar-refractivity contribution is -0.129. The Morgan fingerprint density at radius 2 is 1.71 bits per heavy atom. The Labute approximate surface area is 201 Å². The molecule has 0 spiro atoms. The molecular formula is C20H17F3N4O5S3. The Balaban J connectivity index is 1.78. The Hall–Kier alpha value is -2.88. The van der Waals surface area contributed by atoms with Gasteiger partial charge in [-0.25, -0.2) is 27.0 Å². The maximum atomic E-state index is 13.0. The number of thiazole rings is 1. The van der Waals surface area contributed by atoms with Crippen LogP contribution in [0.3, 0.4) is 0 Å². The Kier molecular flexibility index (Phi) is 6.70. The first-order chi connectivity index (χ1) is 16.3. The lowest BCUT2D eigenvalue weighted by Crippen LogP contribution is -2.22. The van der Waals surface area contributed by atoms with Crippen LogP contribution in [-0.2, 0) is 25.6 Å². The number of alkyl halides is 3. The zero-order valence-electron chi connectivity index (χ0n) is 17.6. The van der Waals surface area contributed by atoms with Gasteiger partial charge in [-0.15, -0.1) is 21.5 Å². The van der Waals surface area contributed by atoms with Crippen LogP contribution in [0, 0.1) is 0 Å². The predicted molar refractivity (Wildman–Crippen MR) is 122 cm³/mol. The van der Waals surface area contributed by atoms with Crippen molar-refractivity contribution in [1.82, 2.24) is 15.2 Å². The van der Waals surface area contributed by atoms with Crippen LogP contribution in [-0.4, -0.2) is 43.9 Å². The highest BCUT2D eigenvalue weighted by atomic mass is 32.2. The smallest absolute Gasteiger partial charge is 0.390 e. The molecule has 4 rings (SSSR count). The minimum Gasteiger partial charge on any atom is -0.422 e. The Morgan fingerprint density at radius 1 is 1.00 bits per heavy atom. The summed E-state index contributed by atoms with van der Waals surface area (Å²) >= 11 is 0.949. The topological polar surface area (TPSA) is 146 Å². The second-order valence-electron chi connectivity index (χ2n) is 7.55. The van der Waals surface area contributed by atoms with Crippen LogP contribution >= 0.6 is 11.3 Å². The third-order valence-electron chi connectivity index (χ3n) is 4.80. The molecule has 0 aliphatic heterocycles. The molecule has 35 heavy (non-hydrogen) atoms. The molecule has 2 aromatic carbocycles. The average molecular weight is 547 g/mol. The standard InChI is InChI=1S/C20H17F3N4O5S3/c21-20(22,23)8-9-34(28,29)17(18-27-26-16(32-18)11-35(24,30)31)19-25-14-7-6-13(10-15(14)33-19)12-4-2-1-3-5-12/h1-7,10,17H,8-9,11H2,(H2,24,30,31). The number of rotatable bonds is 8. The molecule has 1 atom stereocenters. The van der Waals surface area contributed by atoms with Crippen molar-refractivity contribution in [3.05, 3.63) is 65.3 Å². The van der Waals surface area contributed by atoms with E-state index >= 15 is 0 Å². The summed E-state index contributed by atoms with van der Waals surface area (Å²) in [5.74, 6) is -3.20. The lowest BCUT2D eigenvalue weighted by Gasteiger charge is -2.13. The van der Waals surface area contributed by atoms with E-state index in [0.29, 0.717) is 10.2 Å². The zero-order valence-corrected chi connectivity index (χ0v) is 20.1. The van der Waals surface area contributed by atoms with E-state index in [1.54, 1.807) is 18.2 Å². The Morgan fingerprint density at radius 3 is 2.37 bits per heavy atom. The first-order valence-electron chi connectivity index (χ1n) is 9.88. The van der Waals surface area contributed by atoms with Crippen molar-refractivity contribution < 1.29 is 34.4 Å². The molecule has 0 amide bonds. The van der Waals surface area contributed by atoms with Crippen LogP contribution in [0.15, 0.2) is 52.9 Å². The number of sulfone groups is 1. The second kappa shape index (κ2) is 9.29.